The Morgan fingerprint density at radius 2 is 1.45 bits per heavy atom. The van der Waals surface area contributed by atoms with Crippen molar-refractivity contribution in [1.82, 2.24) is 35.1 Å². The van der Waals surface area contributed by atoms with E-state index in [1.807, 2.05) is 68.0 Å². The molecule has 11 nitrogen and oxygen atoms in total. The Kier molecular flexibility index (Phi) is 11.4. The van der Waals surface area contributed by atoms with Gasteiger partial charge < -0.3 is 29.8 Å². The third-order valence-corrected chi connectivity index (χ3v) is 12.2. The van der Waals surface area contributed by atoms with Crippen LogP contribution in [0.25, 0.3) is 55.0 Å². The largest absolute Gasteiger partial charge is 0.453 e. The van der Waals surface area contributed by atoms with Gasteiger partial charge in [-0.15, -0.1) is 0 Å². The van der Waals surface area contributed by atoms with Crippen LogP contribution in [0.4, 0.5) is 4.79 Å². The number of H-pyrrole nitrogens is 2. The van der Waals surface area contributed by atoms with Crippen molar-refractivity contribution in [3.05, 3.63) is 121 Å². The van der Waals surface area contributed by atoms with E-state index in [0.29, 0.717) is 13.1 Å². The number of methoxy groups -OCH3 is 1. The predicted molar refractivity (Wildman–Crippen MR) is 238 cm³/mol. The number of imidazole rings is 2. The number of benzene rings is 4. The Morgan fingerprint density at radius 1 is 0.817 bits per heavy atom. The molecule has 4 atom stereocenters. The van der Waals surface area contributed by atoms with Crippen LogP contribution in [0.3, 0.4) is 0 Å². The van der Waals surface area contributed by atoms with Gasteiger partial charge in [0.15, 0.2) is 0 Å². The average Bonchev–Trinajstić information content (AvgIpc) is 4.10. The average molecular weight is 804 g/mol. The summed E-state index contributed by atoms with van der Waals surface area (Å²) >= 11 is 0. The van der Waals surface area contributed by atoms with Crippen molar-refractivity contribution in [3.8, 4) is 22.4 Å². The van der Waals surface area contributed by atoms with Gasteiger partial charge in [-0.25, -0.2) is 14.8 Å². The SMILES string of the molecule is C=C(/C=C\C=C/C)[C@@H](C)C(=O)N1CCC[C@H]1c1ncc(-c2ccc3cc(-c4ccc5c(ccc6[nH]c([C@@H]7CCCN7C(=O)[C@@H](NC(=O)OC)C(C)C)nc65)c4)ccc3c2)[nH]1. The van der Waals surface area contributed by atoms with E-state index in [1.54, 1.807) is 0 Å². The van der Waals surface area contributed by atoms with Crippen LogP contribution in [-0.4, -0.2) is 73.9 Å². The van der Waals surface area contributed by atoms with Crippen LogP contribution in [0.15, 0.2) is 109 Å². The van der Waals surface area contributed by atoms with Crippen LogP contribution in [0, 0.1) is 11.8 Å². The summed E-state index contributed by atoms with van der Waals surface area (Å²) in [4.78, 5) is 60.0. The third kappa shape index (κ3) is 7.84. The maximum absolute atomic E-state index is 13.7. The van der Waals surface area contributed by atoms with Crippen LogP contribution in [0.2, 0.25) is 0 Å². The molecule has 4 heterocycles. The smallest absolute Gasteiger partial charge is 0.407 e. The molecule has 2 aromatic heterocycles. The molecule has 6 aromatic rings. The molecule has 308 valence electrons. The molecule has 0 aliphatic carbocycles. The molecule has 2 aliphatic heterocycles. The lowest BCUT2D eigenvalue weighted by molar-refractivity contribution is -0.136. The number of carbonyl (C=O) groups excluding carboxylic acids is 3. The fraction of sp³-hybridized carbons (Fsp3) is 0.327. The summed E-state index contributed by atoms with van der Waals surface area (Å²) < 4.78 is 4.80. The number of hydrogen-bond acceptors (Lipinski definition) is 6. The Morgan fingerprint density at radius 3 is 2.15 bits per heavy atom. The zero-order valence-corrected chi connectivity index (χ0v) is 35.0. The standard InChI is InChI=1S/C49H53N7O4/c1-7-8-9-12-30(4)31(5)47(57)55-23-10-13-41(55)45-50-28-40(52-45)37-18-17-33-25-32(15-16-34(33)27-37)35-19-21-38-36(26-35)20-22-39-44(38)53-46(51-39)42-14-11-24-56(42)48(58)43(29(2)3)54-49(59)60-6/h7-9,12,15-22,25-29,31,41-43H,4,10-11,13-14,23-24H2,1-3,5-6H3,(H,50,52)(H,51,53)(H,54,59)/b8-7-,12-9-/t31-,41+,42+,43+/m1/s1. The van der Waals surface area contributed by atoms with E-state index >= 15 is 0 Å². The molecule has 3 amide bonds. The first-order valence-electron chi connectivity index (χ1n) is 21.0. The highest BCUT2D eigenvalue weighted by Crippen LogP contribution is 2.37. The minimum absolute atomic E-state index is 0.0796. The molecule has 0 saturated carbocycles. The molecule has 0 radical (unpaired) electrons. The van der Waals surface area contributed by atoms with E-state index in [9.17, 15) is 14.4 Å². The second-order valence-corrected chi connectivity index (χ2v) is 16.4. The maximum atomic E-state index is 13.7. The lowest BCUT2D eigenvalue weighted by Crippen LogP contribution is -2.51. The molecule has 0 spiro atoms. The Bertz CT molecular complexity index is 2670. The summed E-state index contributed by atoms with van der Waals surface area (Å²) in [5.41, 5.74) is 6.77. The number of allylic oxidation sites excluding steroid dienone is 4. The first kappa shape index (κ1) is 40.3. The number of aromatic nitrogens is 4. The van der Waals surface area contributed by atoms with Gasteiger partial charge in [0.1, 0.15) is 17.7 Å². The summed E-state index contributed by atoms with van der Waals surface area (Å²) in [5, 5.41) is 7.09. The maximum Gasteiger partial charge on any atom is 0.407 e. The molecule has 0 unspecified atom stereocenters. The van der Waals surface area contributed by atoms with Gasteiger partial charge in [0, 0.05) is 24.0 Å². The van der Waals surface area contributed by atoms with Gasteiger partial charge >= 0.3 is 6.09 Å². The summed E-state index contributed by atoms with van der Waals surface area (Å²) in [6.45, 7) is 13.2. The van der Waals surface area contributed by atoms with Crippen LogP contribution in [0.5, 0.6) is 0 Å². The van der Waals surface area contributed by atoms with Crippen molar-refractivity contribution in [1.29, 1.82) is 0 Å². The number of nitrogens with zero attached hydrogens (tertiary/aromatic N) is 4. The predicted octanol–water partition coefficient (Wildman–Crippen LogP) is 9.96. The number of likely N-dealkylation sites (tertiary alicyclic amines) is 2. The van der Waals surface area contributed by atoms with Crippen molar-refractivity contribution in [3.63, 3.8) is 0 Å². The zero-order chi connectivity index (χ0) is 42.1. The number of rotatable bonds is 11. The van der Waals surface area contributed by atoms with Crippen LogP contribution in [0.1, 0.15) is 77.1 Å². The molecular weight excluding hydrogens is 751 g/mol. The van der Waals surface area contributed by atoms with E-state index in [0.717, 1.165) is 97.9 Å². The number of amides is 3. The highest BCUT2D eigenvalue weighted by Gasteiger charge is 2.38. The second-order valence-electron chi connectivity index (χ2n) is 16.4. The van der Waals surface area contributed by atoms with Gasteiger partial charge in [-0.1, -0.05) is 87.2 Å². The number of ether oxygens (including phenoxy) is 1. The van der Waals surface area contributed by atoms with Gasteiger partial charge in [-0.05, 0) is 103 Å². The van der Waals surface area contributed by atoms with Crippen molar-refractivity contribution in [2.75, 3.05) is 20.2 Å². The molecule has 60 heavy (non-hydrogen) atoms. The fourth-order valence-electron chi connectivity index (χ4n) is 8.75. The summed E-state index contributed by atoms with van der Waals surface area (Å²) in [7, 11) is 1.30. The number of aromatic amines is 2. The summed E-state index contributed by atoms with van der Waals surface area (Å²) in [6, 6.07) is 22.7. The van der Waals surface area contributed by atoms with Gasteiger partial charge in [0.05, 0.1) is 48.0 Å². The molecule has 2 fully saturated rings. The topological polar surface area (TPSA) is 136 Å². The molecule has 2 aliphatic rings. The van der Waals surface area contributed by atoms with E-state index < -0.39 is 12.1 Å². The number of nitrogens with one attached hydrogen (secondary N) is 3. The van der Waals surface area contributed by atoms with E-state index in [2.05, 4.69) is 88.6 Å². The van der Waals surface area contributed by atoms with Crippen molar-refractivity contribution >= 4 is 50.5 Å². The lowest BCUT2D eigenvalue weighted by Gasteiger charge is -2.29. The number of fused-ring (bicyclic) bond motifs is 4. The second kappa shape index (κ2) is 17.0. The first-order valence-corrected chi connectivity index (χ1v) is 21.0. The van der Waals surface area contributed by atoms with Crippen molar-refractivity contribution in [2.24, 2.45) is 11.8 Å². The molecule has 11 heteroatoms. The van der Waals surface area contributed by atoms with Gasteiger partial charge in [-0.3, -0.25) is 9.59 Å². The van der Waals surface area contributed by atoms with E-state index in [4.69, 9.17) is 14.7 Å². The third-order valence-electron chi connectivity index (χ3n) is 12.2. The molecule has 2 saturated heterocycles. The molecule has 0 bridgehead atoms. The lowest BCUT2D eigenvalue weighted by atomic mass is 9.97. The quantitative estimate of drug-likeness (QED) is 0.112. The van der Waals surface area contributed by atoms with Gasteiger partial charge in [0.25, 0.3) is 0 Å². The minimum atomic E-state index is -0.687. The minimum Gasteiger partial charge on any atom is -0.453 e. The fourth-order valence-corrected chi connectivity index (χ4v) is 8.75. The first-order chi connectivity index (χ1) is 29.0. The summed E-state index contributed by atoms with van der Waals surface area (Å²) in [6.07, 6.45) is 12.4. The van der Waals surface area contributed by atoms with Gasteiger partial charge in [0.2, 0.25) is 11.8 Å². The van der Waals surface area contributed by atoms with Crippen molar-refractivity contribution in [2.45, 2.75) is 71.5 Å². The van der Waals surface area contributed by atoms with Crippen LogP contribution in [-0.2, 0) is 14.3 Å². The van der Waals surface area contributed by atoms with Crippen LogP contribution >= 0.6 is 0 Å². The number of alkyl carbamates (subject to hydrolysis) is 1. The molecular formula is C49H53N7O4. The monoisotopic (exact) mass is 803 g/mol. The zero-order valence-electron chi connectivity index (χ0n) is 35.0. The number of hydrogen-bond donors (Lipinski definition) is 3. The van der Waals surface area contributed by atoms with E-state index in [1.165, 1.54) is 7.11 Å². The van der Waals surface area contributed by atoms with Crippen molar-refractivity contribution < 1.29 is 19.1 Å². The highest BCUT2D eigenvalue weighted by atomic mass is 16.5. The van der Waals surface area contributed by atoms with E-state index in [-0.39, 0.29) is 35.7 Å². The Hall–Kier alpha value is -6.49. The van der Waals surface area contributed by atoms with Crippen LogP contribution < -0.4 is 5.32 Å². The van der Waals surface area contributed by atoms with Gasteiger partial charge in [-0.2, -0.15) is 0 Å². The summed E-state index contributed by atoms with van der Waals surface area (Å²) in [5.74, 6) is 1.11. The highest BCUT2D eigenvalue weighted by molar-refractivity contribution is 6.05. The molecule has 3 N–H and O–H groups in total. The molecule has 8 rings (SSSR count). The molecule has 4 aromatic carbocycles. The Labute approximate surface area is 350 Å². The normalized spacial score (nSPS) is 18.1. The number of carbonyl (C=O) groups is 3. The Balaban J connectivity index is 0.990.